The molecule has 0 fully saturated rings. The summed E-state index contributed by atoms with van der Waals surface area (Å²) in [7, 11) is 0. The predicted molar refractivity (Wildman–Crippen MR) is 79.6 cm³/mol. The molecule has 0 aliphatic heterocycles. The minimum atomic E-state index is 0.651. The maximum Gasteiger partial charge on any atom is 0.00103 e. The van der Waals surface area contributed by atoms with Crippen LogP contribution in [-0.2, 0) is 0 Å². The van der Waals surface area contributed by atoms with E-state index in [1.54, 1.807) is 0 Å². The summed E-state index contributed by atoms with van der Waals surface area (Å²) >= 11 is 0. The number of unbranched alkanes of at least 4 members (excludes halogenated alkanes) is 10. The lowest BCUT2D eigenvalue weighted by Gasteiger charge is -2.07. The average Bonchev–Trinajstić information content (AvgIpc) is 2.30. The van der Waals surface area contributed by atoms with E-state index >= 15 is 0 Å². The van der Waals surface area contributed by atoms with Crippen LogP contribution >= 0.6 is 0 Å². The summed E-state index contributed by atoms with van der Waals surface area (Å²) in [6.07, 6.45) is 15.8. The molecule has 17 heavy (non-hydrogen) atoms. The molecule has 0 amide bonds. The Morgan fingerprint density at radius 3 is 1.47 bits per heavy atom. The Morgan fingerprint density at radius 2 is 1.06 bits per heavy atom. The molecule has 0 aromatic heterocycles. The van der Waals surface area contributed by atoms with Crippen molar-refractivity contribution >= 4 is 0 Å². The first kappa shape index (κ1) is 17.0. The van der Waals surface area contributed by atoms with E-state index in [2.05, 4.69) is 26.1 Å². The van der Waals surface area contributed by atoms with Gasteiger partial charge in [0.15, 0.2) is 0 Å². The van der Waals surface area contributed by atoms with Crippen molar-refractivity contribution in [1.29, 1.82) is 0 Å². The van der Waals surface area contributed by atoms with Gasteiger partial charge >= 0.3 is 0 Å². The summed E-state index contributed by atoms with van der Waals surface area (Å²) in [6.45, 7) is 7.93. The first-order valence-electron chi connectivity index (χ1n) is 8.00. The van der Waals surface area contributed by atoms with Gasteiger partial charge < -0.3 is 5.32 Å². The van der Waals surface area contributed by atoms with Crippen LogP contribution in [0.25, 0.3) is 0 Å². The second-order valence-corrected chi connectivity index (χ2v) is 5.64. The molecule has 0 rings (SSSR count). The van der Waals surface area contributed by atoms with E-state index in [1.807, 2.05) is 0 Å². The zero-order valence-corrected chi connectivity index (χ0v) is 12.6. The highest BCUT2D eigenvalue weighted by molar-refractivity contribution is 4.53. The molecule has 0 aliphatic rings. The molecule has 1 heteroatoms. The van der Waals surface area contributed by atoms with Crippen molar-refractivity contribution in [3.63, 3.8) is 0 Å². The number of rotatable bonds is 13. The predicted octanol–water partition coefficient (Wildman–Crippen LogP) is 5.30. The first-order chi connectivity index (χ1) is 8.27. The molecular weight excluding hydrogens is 206 g/mol. The van der Waals surface area contributed by atoms with Crippen LogP contribution < -0.4 is 5.32 Å². The summed E-state index contributed by atoms with van der Waals surface area (Å²) in [4.78, 5) is 0. The Labute approximate surface area is 110 Å². The summed E-state index contributed by atoms with van der Waals surface area (Å²) in [5, 5.41) is 3.48. The molecule has 0 spiro atoms. The standard InChI is InChI=1S/C16H35N/c1-4-5-6-7-8-9-10-11-12-13-14-15-17-16(2)3/h16-17H,4-15H2,1-3H3. The van der Waals surface area contributed by atoms with Gasteiger partial charge in [0.1, 0.15) is 0 Å². The van der Waals surface area contributed by atoms with Crippen LogP contribution in [0.1, 0.15) is 91.4 Å². The Morgan fingerprint density at radius 1 is 0.647 bits per heavy atom. The third kappa shape index (κ3) is 16.0. The van der Waals surface area contributed by atoms with E-state index in [0.717, 1.165) is 0 Å². The van der Waals surface area contributed by atoms with Crippen molar-refractivity contribution in [3.05, 3.63) is 0 Å². The number of nitrogens with one attached hydrogen (secondary N) is 1. The van der Waals surface area contributed by atoms with Crippen molar-refractivity contribution in [2.24, 2.45) is 0 Å². The van der Waals surface area contributed by atoms with Crippen LogP contribution in [0.15, 0.2) is 0 Å². The maximum absolute atomic E-state index is 3.48. The molecule has 0 radical (unpaired) electrons. The molecule has 1 nitrogen and oxygen atoms in total. The van der Waals surface area contributed by atoms with Gasteiger partial charge in [0.05, 0.1) is 0 Å². The summed E-state index contributed by atoms with van der Waals surface area (Å²) in [5.41, 5.74) is 0. The molecule has 0 bridgehead atoms. The Balaban J connectivity index is 2.89. The smallest absolute Gasteiger partial charge is 0.00103 e. The lowest BCUT2D eigenvalue weighted by Crippen LogP contribution is -2.23. The fraction of sp³-hybridized carbons (Fsp3) is 1.00. The van der Waals surface area contributed by atoms with Gasteiger partial charge in [-0.2, -0.15) is 0 Å². The van der Waals surface area contributed by atoms with Gasteiger partial charge in [-0.25, -0.2) is 0 Å². The maximum atomic E-state index is 3.48. The van der Waals surface area contributed by atoms with Gasteiger partial charge in [-0.15, -0.1) is 0 Å². The Hall–Kier alpha value is -0.0400. The Kier molecular flexibility index (Phi) is 14.0. The van der Waals surface area contributed by atoms with Gasteiger partial charge in [-0.05, 0) is 13.0 Å². The van der Waals surface area contributed by atoms with E-state index in [0.29, 0.717) is 6.04 Å². The highest BCUT2D eigenvalue weighted by atomic mass is 14.9. The van der Waals surface area contributed by atoms with Gasteiger partial charge in [0, 0.05) is 6.04 Å². The lowest BCUT2D eigenvalue weighted by atomic mass is 10.1. The van der Waals surface area contributed by atoms with Gasteiger partial charge in [0.2, 0.25) is 0 Å². The van der Waals surface area contributed by atoms with Crippen LogP contribution in [0.3, 0.4) is 0 Å². The molecule has 104 valence electrons. The fourth-order valence-electron chi connectivity index (χ4n) is 2.18. The molecule has 1 N–H and O–H groups in total. The van der Waals surface area contributed by atoms with Crippen LogP contribution in [0, 0.1) is 0 Å². The largest absolute Gasteiger partial charge is 0.315 e. The molecule has 0 aromatic carbocycles. The van der Waals surface area contributed by atoms with Crippen molar-refractivity contribution in [2.45, 2.75) is 97.4 Å². The van der Waals surface area contributed by atoms with Crippen molar-refractivity contribution in [2.75, 3.05) is 6.54 Å². The quantitative estimate of drug-likeness (QED) is 0.432. The van der Waals surface area contributed by atoms with Gasteiger partial charge in [-0.3, -0.25) is 0 Å². The van der Waals surface area contributed by atoms with Crippen LogP contribution in [0.4, 0.5) is 0 Å². The fourth-order valence-corrected chi connectivity index (χ4v) is 2.18. The van der Waals surface area contributed by atoms with Crippen LogP contribution in [-0.4, -0.2) is 12.6 Å². The normalized spacial score (nSPS) is 11.3. The van der Waals surface area contributed by atoms with Gasteiger partial charge in [0.25, 0.3) is 0 Å². The van der Waals surface area contributed by atoms with Crippen molar-refractivity contribution < 1.29 is 0 Å². The highest BCUT2D eigenvalue weighted by Gasteiger charge is 1.94. The minimum absolute atomic E-state index is 0.651. The molecular formula is C16H35N. The minimum Gasteiger partial charge on any atom is -0.315 e. The molecule has 0 saturated carbocycles. The zero-order chi connectivity index (χ0) is 12.8. The molecule has 0 aromatic rings. The third-order valence-electron chi connectivity index (χ3n) is 3.33. The topological polar surface area (TPSA) is 12.0 Å². The first-order valence-corrected chi connectivity index (χ1v) is 8.00. The molecule has 0 saturated heterocycles. The van der Waals surface area contributed by atoms with E-state index in [-0.39, 0.29) is 0 Å². The zero-order valence-electron chi connectivity index (χ0n) is 12.6. The molecule has 0 heterocycles. The number of hydrogen-bond donors (Lipinski definition) is 1. The summed E-state index contributed by atoms with van der Waals surface area (Å²) in [6, 6.07) is 0.651. The number of hydrogen-bond acceptors (Lipinski definition) is 1. The van der Waals surface area contributed by atoms with E-state index < -0.39 is 0 Å². The van der Waals surface area contributed by atoms with E-state index in [4.69, 9.17) is 0 Å². The second kappa shape index (κ2) is 14.0. The Bertz CT molecular complexity index is 131. The lowest BCUT2D eigenvalue weighted by molar-refractivity contribution is 0.522. The van der Waals surface area contributed by atoms with Crippen molar-refractivity contribution in [1.82, 2.24) is 5.32 Å². The molecule has 0 unspecified atom stereocenters. The van der Waals surface area contributed by atoms with E-state index in [9.17, 15) is 0 Å². The van der Waals surface area contributed by atoms with Gasteiger partial charge in [-0.1, -0.05) is 85.0 Å². The van der Waals surface area contributed by atoms with Crippen LogP contribution in [0.2, 0.25) is 0 Å². The second-order valence-electron chi connectivity index (χ2n) is 5.64. The molecule has 0 atom stereocenters. The van der Waals surface area contributed by atoms with Crippen LogP contribution in [0.5, 0.6) is 0 Å². The molecule has 0 aliphatic carbocycles. The SMILES string of the molecule is CCCCCCCCCCCCCNC(C)C. The highest BCUT2D eigenvalue weighted by Crippen LogP contribution is 2.10. The monoisotopic (exact) mass is 241 g/mol. The summed E-state index contributed by atoms with van der Waals surface area (Å²) < 4.78 is 0. The van der Waals surface area contributed by atoms with E-state index in [1.165, 1.54) is 77.2 Å². The summed E-state index contributed by atoms with van der Waals surface area (Å²) in [5.74, 6) is 0. The average molecular weight is 241 g/mol. The van der Waals surface area contributed by atoms with Crippen molar-refractivity contribution in [3.8, 4) is 0 Å². The third-order valence-corrected chi connectivity index (χ3v) is 3.33.